The van der Waals surface area contributed by atoms with E-state index < -0.39 is 39.5 Å². The smallest absolute Gasteiger partial charge is 0.299 e. The molecule has 2 heterocycles. The summed E-state index contributed by atoms with van der Waals surface area (Å²) in [5, 5.41) is 2.47. The van der Waals surface area contributed by atoms with Gasteiger partial charge < -0.3 is 5.32 Å². The van der Waals surface area contributed by atoms with Crippen LogP contribution in [-0.2, 0) is 31.0 Å². The number of nitrogens with one attached hydrogen (secondary N) is 1. The van der Waals surface area contributed by atoms with E-state index in [4.69, 9.17) is 0 Å². The third-order valence-electron chi connectivity index (χ3n) is 4.51. The van der Waals surface area contributed by atoms with Crippen LogP contribution in [0.2, 0.25) is 0 Å². The third kappa shape index (κ3) is 3.88. The maximum absolute atomic E-state index is 12.9. The van der Waals surface area contributed by atoms with Crippen molar-refractivity contribution in [2.75, 3.05) is 19.3 Å². The number of halogens is 1. The number of likely N-dealkylation sites (N-methyl/N-ethyl adjacent to an activating group) is 1. The average Bonchev–Trinajstić information content (AvgIpc) is 2.66. The molecule has 0 spiro atoms. The Bertz CT molecular complexity index is 945. The standard InChI is InChI=1S/C17H19FN4O5S/c1-21-16(25)14(23)13(15(24)19-10-11-4-6-12(18)7-5-11)20-17(21)22-8-2-3-9-28(22,26)27/h4-7,13H,2-3,8-10H2,1H3,(H,19,24). The summed E-state index contributed by atoms with van der Waals surface area (Å²) in [6.07, 6.45) is 1.07. The van der Waals surface area contributed by atoms with Crippen molar-refractivity contribution in [2.24, 2.45) is 4.99 Å². The molecule has 9 nitrogen and oxygen atoms in total. The van der Waals surface area contributed by atoms with Gasteiger partial charge in [0, 0.05) is 20.1 Å². The Hall–Kier alpha value is -2.82. The summed E-state index contributed by atoms with van der Waals surface area (Å²) in [5.74, 6) is -3.63. The van der Waals surface area contributed by atoms with E-state index in [9.17, 15) is 27.2 Å². The maximum Gasteiger partial charge on any atom is 0.299 e. The van der Waals surface area contributed by atoms with Crippen molar-refractivity contribution in [1.82, 2.24) is 14.5 Å². The van der Waals surface area contributed by atoms with Crippen LogP contribution in [0.15, 0.2) is 29.3 Å². The van der Waals surface area contributed by atoms with Gasteiger partial charge >= 0.3 is 0 Å². The molecule has 0 saturated carbocycles. The lowest BCUT2D eigenvalue weighted by molar-refractivity contribution is -0.145. The number of guanidine groups is 1. The molecule has 0 aliphatic carbocycles. The second-order valence-electron chi connectivity index (χ2n) is 6.50. The number of nitrogens with zero attached hydrogens (tertiary/aromatic N) is 3. The molecule has 1 N–H and O–H groups in total. The Balaban J connectivity index is 1.82. The van der Waals surface area contributed by atoms with Crippen molar-refractivity contribution in [3.8, 4) is 0 Å². The number of amides is 2. The highest BCUT2D eigenvalue weighted by molar-refractivity contribution is 7.89. The van der Waals surface area contributed by atoms with Gasteiger partial charge in [0.25, 0.3) is 17.6 Å². The summed E-state index contributed by atoms with van der Waals surface area (Å²) < 4.78 is 38.6. The number of benzene rings is 1. The lowest BCUT2D eigenvalue weighted by Crippen LogP contribution is -2.58. The zero-order valence-electron chi connectivity index (χ0n) is 15.1. The predicted molar refractivity (Wildman–Crippen MR) is 97.0 cm³/mol. The van der Waals surface area contributed by atoms with Crippen LogP contribution in [0.5, 0.6) is 0 Å². The first-order chi connectivity index (χ1) is 13.2. The Labute approximate surface area is 161 Å². The van der Waals surface area contributed by atoms with Gasteiger partial charge in [0.2, 0.25) is 16.0 Å². The van der Waals surface area contributed by atoms with Crippen LogP contribution >= 0.6 is 0 Å². The quantitative estimate of drug-likeness (QED) is 0.539. The molecule has 1 unspecified atom stereocenters. The van der Waals surface area contributed by atoms with Crippen LogP contribution in [0.25, 0.3) is 0 Å². The van der Waals surface area contributed by atoms with Crippen molar-refractivity contribution >= 4 is 33.6 Å². The van der Waals surface area contributed by atoms with Gasteiger partial charge in [-0.25, -0.2) is 22.1 Å². The lowest BCUT2D eigenvalue weighted by atomic mass is 10.1. The van der Waals surface area contributed by atoms with E-state index >= 15 is 0 Å². The molecule has 150 valence electrons. The van der Waals surface area contributed by atoms with Crippen molar-refractivity contribution in [3.63, 3.8) is 0 Å². The summed E-state index contributed by atoms with van der Waals surface area (Å²) in [4.78, 5) is 41.8. The molecule has 28 heavy (non-hydrogen) atoms. The van der Waals surface area contributed by atoms with Gasteiger partial charge in [0.05, 0.1) is 5.75 Å². The molecule has 2 aliphatic rings. The zero-order chi connectivity index (χ0) is 20.5. The van der Waals surface area contributed by atoms with E-state index in [0.29, 0.717) is 18.4 Å². The molecular weight excluding hydrogens is 391 g/mol. The minimum Gasteiger partial charge on any atom is -0.350 e. The molecule has 1 atom stereocenters. The fourth-order valence-corrected chi connectivity index (χ4v) is 4.56. The highest BCUT2D eigenvalue weighted by Crippen LogP contribution is 2.19. The summed E-state index contributed by atoms with van der Waals surface area (Å²) in [6.45, 7) is 0.122. The molecule has 0 bridgehead atoms. The summed E-state index contributed by atoms with van der Waals surface area (Å²) >= 11 is 0. The largest absolute Gasteiger partial charge is 0.350 e. The van der Waals surface area contributed by atoms with Crippen LogP contribution in [-0.4, -0.2) is 66.6 Å². The molecule has 11 heteroatoms. The molecule has 2 amide bonds. The Morgan fingerprint density at radius 3 is 2.57 bits per heavy atom. The van der Waals surface area contributed by atoms with E-state index in [0.717, 1.165) is 9.21 Å². The number of carbonyl (C=O) groups excluding carboxylic acids is 3. The van der Waals surface area contributed by atoms with E-state index in [-0.39, 0.29) is 24.8 Å². The second-order valence-corrected chi connectivity index (χ2v) is 8.51. The maximum atomic E-state index is 12.9. The van der Waals surface area contributed by atoms with E-state index in [1.807, 2.05) is 0 Å². The van der Waals surface area contributed by atoms with Crippen LogP contribution in [0.3, 0.4) is 0 Å². The van der Waals surface area contributed by atoms with Crippen LogP contribution < -0.4 is 5.32 Å². The zero-order valence-corrected chi connectivity index (χ0v) is 15.9. The van der Waals surface area contributed by atoms with Crippen LogP contribution in [0.4, 0.5) is 4.39 Å². The van der Waals surface area contributed by atoms with Gasteiger partial charge in [-0.1, -0.05) is 12.1 Å². The second kappa shape index (κ2) is 7.66. The molecule has 2 aliphatic heterocycles. The molecule has 1 fully saturated rings. The first-order valence-electron chi connectivity index (χ1n) is 8.63. The minimum atomic E-state index is -3.68. The SMILES string of the molecule is CN1C(=O)C(=O)C(C(=O)NCc2ccc(F)cc2)N=C1N1CCCCS1(=O)=O. The van der Waals surface area contributed by atoms with Gasteiger partial charge in [0.1, 0.15) is 5.82 Å². The van der Waals surface area contributed by atoms with Crippen molar-refractivity contribution < 1.29 is 27.2 Å². The summed E-state index contributed by atoms with van der Waals surface area (Å²) in [6, 6.07) is 3.71. The number of Topliss-reactive ketones (excluding diaryl/α,β-unsaturated/α-hetero) is 1. The highest BCUT2D eigenvalue weighted by Gasteiger charge is 2.43. The van der Waals surface area contributed by atoms with Crippen molar-refractivity contribution in [2.45, 2.75) is 25.4 Å². The number of carbonyl (C=O) groups is 3. The fraction of sp³-hybridized carbons (Fsp3) is 0.412. The van der Waals surface area contributed by atoms with E-state index in [1.165, 1.54) is 31.3 Å². The summed E-state index contributed by atoms with van der Waals surface area (Å²) in [7, 11) is -2.43. The first-order valence-corrected chi connectivity index (χ1v) is 10.2. The lowest BCUT2D eigenvalue weighted by Gasteiger charge is -2.35. The molecule has 1 aromatic carbocycles. The van der Waals surface area contributed by atoms with Crippen LogP contribution in [0, 0.1) is 5.82 Å². The number of ketones is 1. The summed E-state index contributed by atoms with van der Waals surface area (Å²) in [5.41, 5.74) is 0.587. The number of sulfonamides is 1. The highest BCUT2D eigenvalue weighted by atomic mass is 32.2. The number of hydrogen-bond donors (Lipinski definition) is 1. The van der Waals surface area contributed by atoms with Gasteiger partial charge in [-0.15, -0.1) is 0 Å². The Morgan fingerprint density at radius 1 is 1.25 bits per heavy atom. The Kier molecular flexibility index (Phi) is 5.45. The van der Waals surface area contributed by atoms with E-state index in [1.54, 1.807) is 0 Å². The normalized spacial score (nSPS) is 22.1. The van der Waals surface area contributed by atoms with Gasteiger partial charge in [-0.3, -0.25) is 19.3 Å². The monoisotopic (exact) mass is 410 g/mol. The molecule has 3 rings (SSSR count). The third-order valence-corrected chi connectivity index (χ3v) is 6.33. The average molecular weight is 410 g/mol. The van der Waals surface area contributed by atoms with Crippen molar-refractivity contribution in [1.29, 1.82) is 0 Å². The van der Waals surface area contributed by atoms with Crippen molar-refractivity contribution in [3.05, 3.63) is 35.6 Å². The van der Waals surface area contributed by atoms with Gasteiger partial charge in [-0.05, 0) is 30.5 Å². The predicted octanol–water partition coefficient (Wildman–Crippen LogP) is -0.367. The number of hydrogen-bond acceptors (Lipinski definition) is 6. The van der Waals surface area contributed by atoms with Gasteiger partial charge in [-0.2, -0.15) is 0 Å². The Morgan fingerprint density at radius 2 is 1.93 bits per heavy atom. The molecule has 1 saturated heterocycles. The number of rotatable bonds is 3. The molecular formula is C17H19FN4O5S. The first kappa shape index (κ1) is 19.9. The number of aliphatic imine (C=N–C) groups is 1. The fourth-order valence-electron chi connectivity index (χ4n) is 2.94. The van der Waals surface area contributed by atoms with Crippen LogP contribution in [0.1, 0.15) is 18.4 Å². The molecule has 0 radical (unpaired) electrons. The molecule has 0 aromatic heterocycles. The topological polar surface area (TPSA) is 116 Å². The minimum absolute atomic E-state index is 0.000209. The van der Waals surface area contributed by atoms with E-state index in [2.05, 4.69) is 10.3 Å². The van der Waals surface area contributed by atoms with Gasteiger partial charge in [0.15, 0.2) is 6.04 Å². The molecule has 1 aromatic rings.